The van der Waals surface area contributed by atoms with Gasteiger partial charge >= 0.3 is 17.9 Å². The van der Waals surface area contributed by atoms with Crippen LogP contribution in [-0.2, 0) is 28.6 Å². The van der Waals surface area contributed by atoms with Crippen molar-refractivity contribution < 1.29 is 33.5 Å². The lowest BCUT2D eigenvalue weighted by Gasteiger charge is -2.47. The standard InChI is InChI=1S/C30H31N3O8/c1-28(2,3)39-25(34)23-22(18-11-13-20(14-12-18)33(37)38)30(24-21-10-6-5-9-19(21)17-31-32(23)24)26(35)40-29(41-27(30)36)15-7-4-8-16-29/h5-6,9-14,17,22-24H,4,7-8,15-16H2,1-3H3/t22-,23+,24-/m0/s1. The van der Waals surface area contributed by atoms with Crippen molar-refractivity contribution >= 4 is 29.8 Å². The maximum atomic E-state index is 14.5. The van der Waals surface area contributed by atoms with E-state index in [0.29, 0.717) is 29.5 Å². The summed E-state index contributed by atoms with van der Waals surface area (Å²) in [4.78, 5) is 53.9. The number of rotatable bonds is 3. The zero-order chi connectivity index (χ0) is 29.2. The van der Waals surface area contributed by atoms with Crippen molar-refractivity contribution in [3.05, 3.63) is 75.3 Å². The molecule has 3 aliphatic heterocycles. The third kappa shape index (κ3) is 4.17. The SMILES string of the molecule is CC(C)(C)OC(=O)[C@H]1[C@H](c2ccc([N+](=O)[O-])cc2)C2(C(=O)OC3(CCCCC3)OC2=O)[C@@H]2c3ccccc3C=NN21. The Hall–Kier alpha value is -4.28. The van der Waals surface area contributed by atoms with Gasteiger partial charge in [0.15, 0.2) is 6.04 Å². The predicted octanol–water partition coefficient (Wildman–Crippen LogP) is 4.54. The minimum absolute atomic E-state index is 0.175. The number of nitro groups is 1. The van der Waals surface area contributed by atoms with Crippen molar-refractivity contribution in [3.63, 3.8) is 0 Å². The normalized spacial score (nSPS) is 25.7. The van der Waals surface area contributed by atoms with Crippen LogP contribution in [0.5, 0.6) is 0 Å². The first-order valence-corrected chi connectivity index (χ1v) is 13.8. The molecule has 3 fully saturated rings. The summed E-state index contributed by atoms with van der Waals surface area (Å²) in [6.45, 7) is 5.16. The number of nitrogens with zero attached hydrogens (tertiary/aromatic N) is 3. The van der Waals surface area contributed by atoms with Gasteiger partial charge in [0.2, 0.25) is 5.41 Å². The van der Waals surface area contributed by atoms with E-state index in [9.17, 15) is 24.5 Å². The summed E-state index contributed by atoms with van der Waals surface area (Å²) in [7, 11) is 0. The van der Waals surface area contributed by atoms with E-state index in [2.05, 4.69) is 5.10 Å². The number of non-ortho nitro benzene ring substituents is 1. The molecular weight excluding hydrogens is 530 g/mol. The summed E-state index contributed by atoms with van der Waals surface area (Å²) in [5.74, 6) is -4.84. The molecule has 6 rings (SSSR count). The third-order valence-corrected chi connectivity index (χ3v) is 8.37. The minimum atomic E-state index is -2.05. The Morgan fingerprint density at radius 3 is 2.27 bits per heavy atom. The van der Waals surface area contributed by atoms with Crippen LogP contribution in [0.3, 0.4) is 0 Å². The molecule has 11 heteroatoms. The highest BCUT2D eigenvalue weighted by molar-refractivity contribution is 6.06. The van der Waals surface area contributed by atoms with Crippen LogP contribution in [0.2, 0.25) is 0 Å². The number of hydrogen-bond donors (Lipinski definition) is 0. The molecule has 2 spiro atoms. The first kappa shape index (κ1) is 26.9. The minimum Gasteiger partial charge on any atom is -0.458 e. The fraction of sp³-hybridized carbons (Fsp3) is 0.467. The second kappa shape index (κ2) is 9.39. The number of hydrogen-bond acceptors (Lipinski definition) is 10. The van der Waals surface area contributed by atoms with Crippen molar-refractivity contribution in [2.24, 2.45) is 10.5 Å². The fourth-order valence-electron chi connectivity index (χ4n) is 6.71. The zero-order valence-electron chi connectivity index (χ0n) is 23.1. The first-order valence-electron chi connectivity index (χ1n) is 13.8. The smallest absolute Gasteiger partial charge is 0.331 e. The summed E-state index contributed by atoms with van der Waals surface area (Å²) in [6.07, 6.45) is 4.78. The molecule has 0 amide bonds. The molecule has 2 aromatic carbocycles. The molecule has 1 saturated carbocycles. The molecule has 2 aromatic rings. The van der Waals surface area contributed by atoms with Gasteiger partial charge < -0.3 is 14.2 Å². The van der Waals surface area contributed by atoms with Crippen molar-refractivity contribution in [2.75, 3.05) is 0 Å². The Bertz CT molecular complexity index is 1430. The summed E-state index contributed by atoms with van der Waals surface area (Å²) in [6, 6.07) is 10.4. The molecule has 3 atom stereocenters. The maximum absolute atomic E-state index is 14.5. The van der Waals surface area contributed by atoms with Gasteiger partial charge in [0.05, 0.1) is 11.1 Å². The van der Waals surface area contributed by atoms with Crippen LogP contribution >= 0.6 is 0 Å². The molecule has 0 radical (unpaired) electrons. The highest BCUT2D eigenvalue weighted by Crippen LogP contribution is 2.63. The highest BCUT2D eigenvalue weighted by atomic mass is 16.7. The Balaban J connectivity index is 1.59. The molecule has 214 valence electrons. The summed E-state index contributed by atoms with van der Waals surface area (Å²) < 4.78 is 18.0. The Labute approximate surface area is 236 Å². The Kier molecular flexibility index (Phi) is 6.16. The lowest BCUT2D eigenvalue weighted by molar-refractivity contribution is -0.384. The monoisotopic (exact) mass is 561 g/mol. The van der Waals surface area contributed by atoms with Crippen LogP contribution in [-0.4, -0.2) is 51.5 Å². The molecule has 4 aliphatic rings. The average molecular weight is 562 g/mol. The van der Waals surface area contributed by atoms with Crippen molar-refractivity contribution in [1.82, 2.24) is 5.01 Å². The molecule has 1 aliphatic carbocycles. The van der Waals surface area contributed by atoms with E-state index < -0.39 is 57.6 Å². The Morgan fingerprint density at radius 2 is 1.66 bits per heavy atom. The van der Waals surface area contributed by atoms with Gasteiger partial charge in [-0.2, -0.15) is 5.10 Å². The van der Waals surface area contributed by atoms with Crippen LogP contribution in [0.15, 0.2) is 53.6 Å². The van der Waals surface area contributed by atoms with Crippen LogP contribution < -0.4 is 0 Å². The summed E-state index contributed by atoms with van der Waals surface area (Å²) >= 11 is 0. The van der Waals surface area contributed by atoms with Gasteiger partial charge in [-0.3, -0.25) is 24.7 Å². The van der Waals surface area contributed by atoms with Crippen LogP contribution in [0.25, 0.3) is 0 Å². The zero-order valence-corrected chi connectivity index (χ0v) is 23.1. The number of fused-ring (bicyclic) bond motifs is 4. The van der Waals surface area contributed by atoms with E-state index in [-0.39, 0.29) is 5.69 Å². The summed E-state index contributed by atoms with van der Waals surface area (Å²) in [5.41, 5.74) is -1.48. The van der Waals surface area contributed by atoms with Crippen LogP contribution in [0, 0.1) is 15.5 Å². The lowest BCUT2D eigenvalue weighted by Crippen LogP contribution is -2.60. The first-order chi connectivity index (χ1) is 19.5. The van der Waals surface area contributed by atoms with Crippen molar-refractivity contribution in [1.29, 1.82) is 0 Å². The van der Waals surface area contributed by atoms with E-state index in [1.807, 2.05) is 12.1 Å². The van der Waals surface area contributed by atoms with Gasteiger partial charge in [-0.1, -0.05) is 42.8 Å². The van der Waals surface area contributed by atoms with Gasteiger partial charge in [-0.25, -0.2) is 4.79 Å². The number of nitro benzene ring substituents is 1. The van der Waals surface area contributed by atoms with E-state index in [0.717, 1.165) is 19.3 Å². The predicted molar refractivity (Wildman–Crippen MR) is 145 cm³/mol. The fourth-order valence-corrected chi connectivity index (χ4v) is 6.71. The highest BCUT2D eigenvalue weighted by Gasteiger charge is 2.76. The van der Waals surface area contributed by atoms with E-state index in [4.69, 9.17) is 14.2 Å². The second-order valence-electron chi connectivity index (χ2n) is 12.1. The molecular formula is C30H31N3O8. The maximum Gasteiger partial charge on any atom is 0.331 e. The van der Waals surface area contributed by atoms with E-state index >= 15 is 0 Å². The Morgan fingerprint density at radius 1 is 1.02 bits per heavy atom. The third-order valence-electron chi connectivity index (χ3n) is 8.37. The summed E-state index contributed by atoms with van der Waals surface area (Å²) in [5, 5.41) is 17.5. The lowest BCUT2D eigenvalue weighted by atomic mass is 9.65. The molecule has 2 saturated heterocycles. The molecule has 0 aromatic heterocycles. The largest absolute Gasteiger partial charge is 0.458 e. The van der Waals surface area contributed by atoms with Gasteiger partial charge in [0.1, 0.15) is 11.6 Å². The number of carbonyl (C=O) groups is 3. The van der Waals surface area contributed by atoms with Crippen LogP contribution in [0.4, 0.5) is 5.69 Å². The number of hydrazone groups is 1. The van der Waals surface area contributed by atoms with Crippen molar-refractivity contribution in [2.45, 2.75) is 82.3 Å². The number of carbonyl (C=O) groups excluding carboxylic acids is 3. The number of esters is 3. The van der Waals surface area contributed by atoms with Gasteiger partial charge in [0.25, 0.3) is 11.5 Å². The van der Waals surface area contributed by atoms with E-state index in [1.165, 1.54) is 29.3 Å². The molecule has 3 heterocycles. The number of ether oxygens (including phenoxy) is 3. The topological polar surface area (TPSA) is 138 Å². The molecule has 41 heavy (non-hydrogen) atoms. The van der Waals surface area contributed by atoms with Crippen molar-refractivity contribution in [3.8, 4) is 0 Å². The quantitative estimate of drug-likeness (QED) is 0.229. The van der Waals surface area contributed by atoms with E-state index in [1.54, 1.807) is 39.1 Å². The number of benzene rings is 2. The molecule has 0 unspecified atom stereocenters. The molecule has 0 bridgehead atoms. The van der Waals surface area contributed by atoms with Gasteiger partial charge in [-0.15, -0.1) is 0 Å². The molecule has 0 N–H and O–H groups in total. The average Bonchev–Trinajstić information content (AvgIpc) is 3.24. The van der Waals surface area contributed by atoms with Gasteiger partial charge in [0, 0.05) is 30.9 Å². The van der Waals surface area contributed by atoms with Gasteiger partial charge in [-0.05, 0) is 50.3 Å². The van der Waals surface area contributed by atoms with Crippen LogP contribution in [0.1, 0.15) is 81.5 Å². The second-order valence-corrected chi connectivity index (χ2v) is 12.1. The molecule has 11 nitrogen and oxygen atoms in total.